The first-order valence-corrected chi connectivity index (χ1v) is 6.36. The van der Waals surface area contributed by atoms with Gasteiger partial charge in [0, 0.05) is 13.1 Å². The summed E-state index contributed by atoms with van der Waals surface area (Å²) < 4.78 is 5.38. The van der Waals surface area contributed by atoms with Gasteiger partial charge in [0.05, 0.1) is 6.57 Å². The molecule has 19 heavy (non-hydrogen) atoms. The lowest BCUT2D eigenvalue weighted by molar-refractivity contribution is 0.0224. The summed E-state index contributed by atoms with van der Waals surface area (Å²) in [6.07, 6.45) is 0.527. The summed E-state index contributed by atoms with van der Waals surface area (Å²) in [6, 6.07) is 5.67. The smallest absolute Gasteiger partial charge is 0.410 e. The minimum Gasteiger partial charge on any atom is -0.444 e. The van der Waals surface area contributed by atoms with E-state index in [2.05, 4.69) is 4.85 Å². The largest absolute Gasteiger partial charge is 0.444 e. The number of carbonyl (C=O) groups excluding carboxylic acids is 1. The van der Waals surface area contributed by atoms with Crippen molar-refractivity contribution in [1.82, 2.24) is 4.90 Å². The van der Waals surface area contributed by atoms with Crippen LogP contribution < -0.4 is 0 Å². The zero-order chi connectivity index (χ0) is 14.0. The van der Waals surface area contributed by atoms with Gasteiger partial charge in [0.25, 0.3) is 0 Å². The van der Waals surface area contributed by atoms with Gasteiger partial charge in [-0.05, 0) is 38.3 Å². The van der Waals surface area contributed by atoms with Crippen molar-refractivity contribution in [3.05, 3.63) is 40.7 Å². The fourth-order valence-corrected chi connectivity index (χ4v) is 2.10. The van der Waals surface area contributed by atoms with Crippen molar-refractivity contribution in [2.24, 2.45) is 0 Å². The van der Waals surface area contributed by atoms with Crippen molar-refractivity contribution in [1.29, 1.82) is 0 Å². The molecule has 100 valence electrons. The molecular weight excluding hydrogens is 240 g/mol. The zero-order valence-electron chi connectivity index (χ0n) is 11.6. The third kappa shape index (κ3) is 3.25. The number of hydrogen-bond donors (Lipinski definition) is 0. The molecule has 2 rings (SSSR count). The van der Waals surface area contributed by atoms with Crippen LogP contribution in [-0.4, -0.2) is 23.1 Å². The molecule has 1 aromatic carbocycles. The first-order valence-electron chi connectivity index (χ1n) is 6.36. The number of nitrogens with zero attached hydrogens (tertiary/aromatic N) is 2. The fraction of sp³-hybridized carbons (Fsp3) is 0.467. The molecule has 0 aliphatic carbocycles. The molecule has 0 unspecified atom stereocenters. The highest BCUT2D eigenvalue weighted by Crippen LogP contribution is 2.25. The third-order valence-corrected chi connectivity index (χ3v) is 2.98. The van der Waals surface area contributed by atoms with Crippen LogP contribution in [0.25, 0.3) is 4.85 Å². The van der Waals surface area contributed by atoms with E-state index in [4.69, 9.17) is 11.3 Å². The van der Waals surface area contributed by atoms with Crippen molar-refractivity contribution in [2.45, 2.75) is 39.3 Å². The molecule has 0 aromatic heterocycles. The third-order valence-electron chi connectivity index (χ3n) is 2.98. The Hall–Kier alpha value is -2.02. The highest BCUT2D eigenvalue weighted by atomic mass is 16.6. The van der Waals surface area contributed by atoms with Crippen LogP contribution in [0, 0.1) is 6.57 Å². The predicted molar refractivity (Wildman–Crippen MR) is 73.1 cm³/mol. The summed E-state index contributed by atoms with van der Waals surface area (Å²) in [6.45, 7) is 13.8. The van der Waals surface area contributed by atoms with Crippen LogP contribution in [0.15, 0.2) is 18.2 Å². The number of hydrogen-bond acceptors (Lipinski definition) is 2. The van der Waals surface area contributed by atoms with Crippen LogP contribution in [0.5, 0.6) is 0 Å². The van der Waals surface area contributed by atoms with Gasteiger partial charge in [-0.1, -0.05) is 18.2 Å². The summed E-state index contributed by atoms with van der Waals surface area (Å²) in [5.41, 5.74) is 2.40. The SMILES string of the molecule is [C-]#[N+]c1ccc2c(c1)CN(C(=O)OC(C)(C)C)CC2. The summed E-state index contributed by atoms with van der Waals surface area (Å²) in [4.78, 5) is 17.1. The average molecular weight is 258 g/mol. The van der Waals surface area contributed by atoms with E-state index in [0.29, 0.717) is 18.8 Å². The lowest BCUT2D eigenvalue weighted by Crippen LogP contribution is -2.39. The number of rotatable bonds is 0. The van der Waals surface area contributed by atoms with Crippen molar-refractivity contribution in [2.75, 3.05) is 6.54 Å². The minimum atomic E-state index is -0.476. The Morgan fingerprint density at radius 3 is 2.74 bits per heavy atom. The molecular formula is C15H18N2O2. The topological polar surface area (TPSA) is 33.9 Å². The molecule has 0 saturated carbocycles. The van der Waals surface area contributed by atoms with E-state index in [0.717, 1.165) is 12.0 Å². The summed E-state index contributed by atoms with van der Waals surface area (Å²) in [5.74, 6) is 0. The van der Waals surface area contributed by atoms with E-state index >= 15 is 0 Å². The van der Waals surface area contributed by atoms with E-state index in [1.54, 1.807) is 4.90 Å². The number of ether oxygens (including phenoxy) is 1. The van der Waals surface area contributed by atoms with Gasteiger partial charge in [-0.3, -0.25) is 0 Å². The maximum atomic E-state index is 12.0. The normalized spacial score (nSPS) is 14.5. The van der Waals surface area contributed by atoms with E-state index < -0.39 is 5.60 Å². The van der Waals surface area contributed by atoms with Gasteiger partial charge >= 0.3 is 6.09 Å². The van der Waals surface area contributed by atoms with Gasteiger partial charge in [-0.25, -0.2) is 9.64 Å². The Balaban J connectivity index is 2.13. The van der Waals surface area contributed by atoms with Crippen LogP contribution >= 0.6 is 0 Å². The lowest BCUT2D eigenvalue weighted by Gasteiger charge is -2.31. The lowest BCUT2D eigenvalue weighted by atomic mass is 9.99. The first kappa shape index (κ1) is 13.4. The molecule has 0 N–H and O–H groups in total. The highest BCUT2D eigenvalue weighted by molar-refractivity contribution is 5.69. The predicted octanol–water partition coefficient (Wildman–Crippen LogP) is 3.53. The average Bonchev–Trinajstić information content (AvgIpc) is 2.35. The summed E-state index contributed by atoms with van der Waals surface area (Å²) in [7, 11) is 0. The Kier molecular flexibility index (Phi) is 3.48. The van der Waals surface area contributed by atoms with E-state index in [1.807, 2.05) is 39.0 Å². The number of carbonyl (C=O) groups is 1. The molecule has 0 fully saturated rings. The second kappa shape index (κ2) is 4.93. The molecule has 0 spiro atoms. The van der Waals surface area contributed by atoms with Crippen molar-refractivity contribution in [3.63, 3.8) is 0 Å². The maximum absolute atomic E-state index is 12.0. The zero-order valence-corrected chi connectivity index (χ0v) is 11.6. The van der Waals surface area contributed by atoms with E-state index in [-0.39, 0.29) is 6.09 Å². The van der Waals surface area contributed by atoms with E-state index in [1.165, 1.54) is 5.56 Å². The van der Waals surface area contributed by atoms with Gasteiger partial charge < -0.3 is 9.64 Å². The molecule has 4 heteroatoms. The Bertz CT molecular complexity index is 538. The standard InChI is InChI=1S/C15H18N2O2/c1-15(2,3)19-14(18)17-8-7-11-5-6-13(16-4)9-12(11)10-17/h5-6,9H,7-8,10H2,1-3H3. The molecule has 1 aromatic rings. The molecule has 0 saturated heterocycles. The minimum absolute atomic E-state index is 0.286. The number of benzene rings is 1. The molecule has 1 amide bonds. The second-order valence-corrected chi connectivity index (χ2v) is 5.72. The first-order chi connectivity index (χ1) is 8.89. The van der Waals surface area contributed by atoms with Crippen LogP contribution in [-0.2, 0) is 17.7 Å². The molecule has 4 nitrogen and oxygen atoms in total. The molecule has 1 heterocycles. The van der Waals surface area contributed by atoms with Crippen LogP contribution in [0.3, 0.4) is 0 Å². The monoisotopic (exact) mass is 258 g/mol. The van der Waals surface area contributed by atoms with Gasteiger partial charge in [0.1, 0.15) is 5.60 Å². The van der Waals surface area contributed by atoms with Crippen LogP contribution in [0.1, 0.15) is 31.9 Å². The molecule has 0 radical (unpaired) electrons. The van der Waals surface area contributed by atoms with Gasteiger partial charge in [-0.15, -0.1) is 0 Å². The number of amides is 1. The Labute approximate surface area is 113 Å². The Morgan fingerprint density at radius 1 is 1.37 bits per heavy atom. The number of fused-ring (bicyclic) bond motifs is 1. The maximum Gasteiger partial charge on any atom is 0.410 e. The highest BCUT2D eigenvalue weighted by Gasteiger charge is 2.25. The van der Waals surface area contributed by atoms with E-state index in [9.17, 15) is 4.79 Å². The molecule has 0 atom stereocenters. The van der Waals surface area contributed by atoms with Gasteiger partial charge in [-0.2, -0.15) is 0 Å². The van der Waals surface area contributed by atoms with Crippen molar-refractivity contribution in [3.8, 4) is 0 Å². The quantitative estimate of drug-likeness (QED) is 0.667. The van der Waals surface area contributed by atoms with Crippen molar-refractivity contribution < 1.29 is 9.53 Å². The fourth-order valence-electron chi connectivity index (χ4n) is 2.10. The molecule has 0 bridgehead atoms. The Morgan fingerprint density at radius 2 is 2.11 bits per heavy atom. The second-order valence-electron chi connectivity index (χ2n) is 5.72. The molecule has 1 aliphatic rings. The van der Waals surface area contributed by atoms with Gasteiger partial charge in [0.15, 0.2) is 5.69 Å². The summed E-state index contributed by atoms with van der Waals surface area (Å²) >= 11 is 0. The van der Waals surface area contributed by atoms with Crippen molar-refractivity contribution >= 4 is 11.8 Å². The van der Waals surface area contributed by atoms with Crippen LogP contribution in [0.4, 0.5) is 10.5 Å². The summed E-state index contributed by atoms with van der Waals surface area (Å²) in [5, 5.41) is 0. The van der Waals surface area contributed by atoms with Gasteiger partial charge in [0.2, 0.25) is 0 Å². The van der Waals surface area contributed by atoms with Crippen LogP contribution in [0.2, 0.25) is 0 Å². The molecule has 1 aliphatic heterocycles.